The van der Waals surface area contributed by atoms with Crippen LogP contribution in [0.3, 0.4) is 0 Å². The van der Waals surface area contributed by atoms with Crippen molar-refractivity contribution < 1.29 is 26.4 Å². The second kappa shape index (κ2) is 6.43. The molecule has 0 aromatic heterocycles. The van der Waals surface area contributed by atoms with E-state index in [9.17, 15) is 4.79 Å². The van der Waals surface area contributed by atoms with Crippen molar-refractivity contribution in [3.8, 4) is 0 Å². The first-order chi connectivity index (χ1) is 9.66. The van der Waals surface area contributed by atoms with E-state index in [0.717, 1.165) is 0 Å². The molecule has 1 heterocycles. The molecule has 22 heavy (non-hydrogen) atoms. The largest absolute Gasteiger partial charge is 0.478 e. The van der Waals surface area contributed by atoms with Gasteiger partial charge >= 0.3 is 40.2 Å². The summed E-state index contributed by atoms with van der Waals surface area (Å²) in [6.07, 6.45) is 0.355. The summed E-state index contributed by atoms with van der Waals surface area (Å²) in [6, 6.07) is 0.541. The van der Waals surface area contributed by atoms with Gasteiger partial charge in [0.25, 0.3) is 0 Å². The zero-order valence-corrected chi connectivity index (χ0v) is 18.6. The summed E-state index contributed by atoms with van der Waals surface area (Å²) in [5.41, 5.74) is 0.179. The average Bonchev–Trinajstić information content (AvgIpc) is 2.18. The zero-order valence-electron chi connectivity index (χ0n) is 14.6. The molecule has 6 nitrogen and oxygen atoms in total. The van der Waals surface area contributed by atoms with Crippen molar-refractivity contribution in [1.82, 2.24) is 0 Å². The standard InChI is InChI=1S/C12H28O6Si4/c1-11(12(13)14)9-10-22(8)17-20(4,5)15-19(2,3)16-21(6,7)18-22/h1,9-10H2,2-8H3,(H,13,14). The monoisotopic (exact) mass is 380 g/mol. The van der Waals surface area contributed by atoms with Crippen LogP contribution in [0, 0.1) is 0 Å². The molecule has 1 rings (SSSR count). The summed E-state index contributed by atoms with van der Waals surface area (Å²) in [7, 11) is -9.65. The molecule has 1 saturated heterocycles. The first kappa shape index (κ1) is 20.0. The van der Waals surface area contributed by atoms with Gasteiger partial charge < -0.3 is 21.6 Å². The summed E-state index contributed by atoms with van der Waals surface area (Å²) in [6.45, 7) is 17.6. The first-order valence-corrected chi connectivity index (χ1v) is 18.3. The molecule has 1 aliphatic heterocycles. The normalized spacial score (nSPS) is 25.8. The molecule has 1 aliphatic rings. The van der Waals surface area contributed by atoms with Gasteiger partial charge in [0, 0.05) is 5.57 Å². The second-order valence-electron chi connectivity index (χ2n) is 7.15. The third kappa shape index (κ3) is 6.20. The van der Waals surface area contributed by atoms with Crippen molar-refractivity contribution in [3.63, 3.8) is 0 Å². The van der Waals surface area contributed by atoms with Crippen molar-refractivity contribution in [3.05, 3.63) is 12.2 Å². The number of rotatable bonds is 4. The van der Waals surface area contributed by atoms with Crippen LogP contribution >= 0.6 is 0 Å². The Morgan fingerprint density at radius 2 is 1.23 bits per heavy atom. The van der Waals surface area contributed by atoms with Gasteiger partial charge in [-0.2, -0.15) is 0 Å². The van der Waals surface area contributed by atoms with E-state index in [1.165, 1.54) is 0 Å². The molecule has 1 N–H and O–H groups in total. The molecular formula is C12H28O6Si4. The van der Waals surface area contributed by atoms with Crippen molar-refractivity contribution in [2.75, 3.05) is 0 Å². The van der Waals surface area contributed by atoms with Crippen LogP contribution in [0.1, 0.15) is 6.42 Å². The highest BCUT2D eigenvalue weighted by atomic mass is 28.5. The third-order valence-electron chi connectivity index (χ3n) is 3.09. The van der Waals surface area contributed by atoms with Gasteiger partial charge in [-0.25, -0.2) is 4.79 Å². The van der Waals surface area contributed by atoms with Gasteiger partial charge in [-0.15, -0.1) is 0 Å². The van der Waals surface area contributed by atoms with Gasteiger partial charge in [0.1, 0.15) is 0 Å². The summed E-state index contributed by atoms with van der Waals surface area (Å²) in [5.74, 6) is -0.975. The number of carboxylic acids is 1. The smallest absolute Gasteiger partial charge is 0.330 e. The highest BCUT2D eigenvalue weighted by Crippen LogP contribution is 2.33. The molecule has 1 fully saturated rings. The molecule has 0 bridgehead atoms. The van der Waals surface area contributed by atoms with E-state index in [1.807, 2.05) is 45.8 Å². The molecule has 128 valence electrons. The SMILES string of the molecule is C=C(CC[Si]1(C)O[Si](C)(C)O[Si](C)(C)O[Si](C)(C)O1)C(=O)O. The Hall–Kier alpha value is -0.0825. The fourth-order valence-electron chi connectivity index (χ4n) is 2.89. The fourth-order valence-corrected chi connectivity index (χ4v) is 24.4. The van der Waals surface area contributed by atoms with E-state index >= 15 is 0 Å². The highest BCUT2D eigenvalue weighted by molar-refractivity contribution is 6.93. The molecule has 10 heteroatoms. The highest BCUT2D eigenvalue weighted by Gasteiger charge is 2.52. The predicted octanol–water partition coefficient (Wildman–Crippen LogP) is 3.27. The Labute approximate surface area is 137 Å². The minimum atomic E-state index is -2.59. The van der Waals surface area contributed by atoms with Crippen LogP contribution in [0.25, 0.3) is 0 Å². The summed E-state index contributed by atoms with van der Waals surface area (Å²) in [5, 5.41) is 8.98. The number of hydrogen-bond acceptors (Lipinski definition) is 5. The van der Waals surface area contributed by atoms with Crippen LogP contribution in [0.5, 0.6) is 0 Å². The maximum atomic E-state index is 10.9. The van der Waals surface area contributed by atoms with Crippen LogP contribution < -0.4 is 0 Å². The van der Waals surface area contributed by atoms with Crippen LogP contribution in [0.15, 0.2) is 12.2 Å². The molecule has 0 atom stereocenters. The van der Waals surface area contributed by atoms with Gasteiger partial charge in [-0.3, -0.25) is 0 Å². The maximum Gasteiger partial charge on any atom is 0.330 e. The molecule has 0 amide bonds. The Morgan fingerprint density at radius 3 is 1.59 bits per heavy atom. The molecule has 0 aromatic carbocycles. The number of carbonyl (C=O) groups is 1. The zero-order chi connectivity index (χ0) is 17.4. The van der Waals surface area contributed by atoms with E-state index in [1.54, 1.807) is 0 Å². The van der Waals surface area contributed by atoms with E-state index in [4.69, 9.17) is 21.6 Å². The lowest BCUT2D eigenvalue weighted by atomic mass is 10.2. The van der Waals surface area contributed by atoms with Gasteiger partial charge in [-0.05, 0) is 58.3 Å². The fraction of sp³-hybridized carbons (Fsp3) is 0.750. The predicted molar refractivity (Wildman–Crippen MR) is 94.6 cm³/mol. The lowest BCUT2D eigenvalue weighted by molar-refractivity contribution is -0.132. The van der Waals surface area contributed by atoms with E-state index in [0.29, 0.717) is 12.5 Å². The number of carboxylic acid groups (broad SMARTS) is 1. The van der Waals surface area contributed by atoms with E-state index < -0.39 is 40.2 Å². The molecule has 0 aliphatic carbocycles. The Balaban J connectivity index is 2.97. The van der Waals surface area contributed by atoms with Crippen LogP contribution in [0.2, 0.25) is 51.9 Å². The topological polar surface area (TPSA) is 74.2 Å². The second-order valence-corrected chi connectivity index (χ2v) is 21.6. The van der Waals surface area contributed by atoms with Gasteiger partial charge in [-0.1, -0.05) is 6.58 Å². The first-order valence-electron chi connectivity index (χ1n) is 7.37. The molecule has 0 spiro atoms. The van der Waals surface area contributed by atoms with Crippen LogP contribution in [-0.2, 0) is 21.3 Å². The summed E-state index contributed by atoms with van der Waals surface area (Å²) < 4.78 is 25.2. The van der Waals surface area contributed by atoms with Crippen LogP contribution in [0.4, 0.5) is 0 Å². The average molecular weight is 381 g/mol. The lowest BCUT2D eigenvalue weighted by Gasteiger charge is -2.47. The summed E-state index contributed by atoms with van der Waals surface area (Å²) >= 11 is 0. The van der Waals surface area contributed by atoms with Crippen molar-refractivity contribution in [1.29, 1.82) is 0 Å². The van der Waals surface area contributed by atoms with Crippen molar-refractivity contribution in [2.45, 2.75) is 58.3 Å². The number of hydrogen-bond donors (Lipinski definition) is 1. The number of aliphatic carboxylic acids is 1. The summed E-state index contributed by atoms with van der Waals surface area (Å²) in [4.78, 5) is 10.9. The minimum Gasteiger partial charge on any atom is -0.478 e. The molecule has 0 aromatic rings. The van der Waals surface area contributed by atoms with Gasteiger partial charge in [0.05, 0.1) is 0 Å². The van der Waals surface area contributed by atoms with E-state index in [-0.39, 0.29) is 5.57 Å². The van der Waals surface area contributed by atoms with Crippen molar-refractivity contribution in [2.24, 2.45) is 0 Å². The third-order valence-corrected chi connectivity index (χ3v) is 19.5. The lowest BCUT2D eigenvalue weighted by Crippen LogP contribution is -2.65. The van der Waals surface area contributed by atoms with Gasteiger partial charge in [0.15, 0.2) is 0 Å². The van der Waals surface area contributed by atoms with Crippen molar-refractivity contribution >= 4 is 40.2 Å². The quantitative estimate of drug-likeness (QED) is 0.596. The molecule has 0 unspecified atom stereocenters. The molecule has 0 saturated carbocycles. The van der Waals surface area contributed by atoms with Gasteiger partial charge in [0.2, 0.25) is 0 Å². The Bertz CT molecular complexity index is 441. The van der Waals surface area contributed by atoms with Crippen LogP contribution in [-0.4, -0.2) is 45.3 Å². The maximum absolute atomic E-state index is 10.9. The Morgan fingerprint density at radius 1 is 0.864 bits per heavy atom. The Kier molecular flexibility index (Phi) is 5.84. The minimum absolute atomic E-state index is 0.179. The van der Waals surface area contributed by atoms with E-state index in [2.05, 4.69) is 6.58 Å². The molecular weight excluding hydrogens is 352 g/mol. The molecule has 0 radical (unpaired) electrons.